The Morgan fingerprint density at radius 1 is 1.09 bits per heavy atom. The average Bonchev–Trinajstić information content (AvgIpc) is 2.55. The molecule has 0 bridgehead atoms. The largest absolute Gasteiger partial charge is 0.388 e. The van der Waals surface area contributed by atoms with E-state index in [1.807, 2.05) is 48.5 Å². The summed E-state index contributed by atoms with van der Waals surface area (Å²) in [6.07, 6.45) is -0.877. The Morgan fingerprint density at radius 3 is 2.23 bits per heavy atom. The first kappa shape index (κ1) is 16.2. The molecule has 2 unspecified atom stereocenters. The van der Waals surface area contributed by atoms with Gasteiger partial charge in [0.05, 0.1) is 19.1 Å². The molecule has 2 aromatic rings. The third-order valence-electron chi connectivity index (χ3n) is 3.59. The van der Waals surface area contributed by atoms with Crippen LogP contribution in [-0.4, -0.2) is 22.7 Å². The molecule has 0 aliphatic heterocycles. The first-order valence-electron chi connectivity index (χ1n) is 7.26. The molecule has 0 saturated carbocycles. The minimum Gasteiger partial charge on any atom is -0.388 e. The van der Waals surface area contributed by atoms with Crippen molar-refractivity contribution in [1.29, 1.82) is 0 Å². The molecule has 0 aliphatic carbocycles. The number of aliphatic hydroxyl groups excluding tert-OH is 1. The van der Waals surface area contributed by atoms with Crippen LogP contribution in [0.25, 0.3) is 0 Å². The second kappa shape index (κ2) is 7.20. The lowest BCUT2D eigenvalue weighted by molar-refractivity contribution is -0.124. The molecule has 2 rings (SSSR count). The molecule has 0 saturated heterocycles. The summed E-state index contributed by atoms with van der Waals surface area (Å²) in [6.45, 7) is 1.74. The Balaban J connectivity index is 1.88. The molecule has 116 valence electrons. The van der Waals surface area contributed by atoms with Crippen LogP contribution in [0, 0.1) is 0 Å². The lowest BCUT2D eigenvalue weighted by Crippen LogP contribution is -2.39. The maximum atomic E-state index is 11.9. The number of rotatable bonds is 6. The van der Waals surface area contributed by atoms with Crippen LogP contribution in [0.15, 0.2) is 60.7 Å². The highest BCUT2D eigenvalue weighted by atomic mass is 16.3. The van der Waals surface area contributed by atoms with E-state index in [1.54, 1.807) is 19.1 Å². The predicted octanol–water partition coefficient (Wildman–Crippen LogP) is 2.13. The number of hydrogen-bond donors (Lipinski definition) is 3. The fraction of sp³-hybridized carbons (Fsp3) is 0.278. The van der Waals surface area contributed by atoms with E-state index in [-0.39, 0.29) is 18.9 Å². The quantitative estimate of drug-likeness (QED) is 0.765. The molecule has 1 amide bonds. The van der Waals surface area contributed by atoms with Crippen molar-refractivity contribution in [2.24, 2.45) is 0 Å². The van der Waals surface area contributed by atoms with E-state index < -0.39 is 11.7 Å². The zero-order valence-corrected chi connectivity index (χ0v) is 12.6. The van der Waals surface area contributed by atoms with Crippen molar-refractivity contribution in [2.45, 2.75) is 25.0 Å². The van der Waals surface area contributed by atoms with Gasteiger partial charge in [-0.05, 0) is 18.1 Å². The fourth-order valence-electron chi connectivity index (χ4n) is 2.21. The van der Waals surface area contributed by atoms with Gasteiger partial charge in [-0.25, -0.2) is 0 Å². The van der Waals surface area contributed by atoms with Crippen LogP contribution in [0.2, 0.25) is 0 Å². The van der Waals surface area contributed by atoms with E-state index in [0.717, 1.165) is 5.56 Å². The second-order valence-electron chi connectivity index (χ2n) is 5.55. The van der Waals surface area contributed by atoms with Crippen molar-refractivity contribution < 1.29 is 15.0 Å². The van der Waals surface area contributed by atoms with E-state index in [9.17, 15) is 15.0 Å². The number of aliphatic hydroxyl groups is 2. The summed E-state index contributed by atoms with van der Waals surface area (Å²) in [5, 5.41) is 23.1. The van der Waals surface area contributed by atoms with E-state index in [4.69, 9.17) is 0 Å². The third kappa shape index (κ3) is 4.41. The van der Waals surface area contributed by atoms with Crippen LogP contribution in [0.5, 0.6) is 0 Å². The molecule has 22 heavy (non-hydrogen) atoms. The fourth-order valence-corrected chi connectivity index (χ4v) is 2.21. The van der Waals surface area contributed by atoms with Crippen molar-refractivity contribution in [3.63, 3.8) is 0 Å². The maximum absolute atomic E-state index is 11.9. The van der Waals surface area contributed by atoms with Crippen molar-refractivity contribution >= 4 is 5.91 Å². The number of amides is 1. The minimum absolute atomic E-state index is 0.0329. The van der Waals surface area contributed by atoms with Crippen LogP contribution in [-0.2, 0) is 10.4 Å². The molecule has 0 aliphatic rings. The maximum Gasteiger partial charge on any atom is 0.223 e. The van der Waals surface area contributed by atoms with E-state index in [2.05, 4.69) is 5.32 Å². The number of nitrogens with one attached hydrogen (secondary N) is 1. The van der Waals surface area contributed by atoms with E-state index in [0.29, 0.717) is 5.56 Å². The first-order valence-corrected chi connectivity index (χ1v) is 7.26. The summed E-state index contributed by atoms with van der Waals surface area (Å²) >= 11 is 0. The zero-order chi connectivity index (χ0) is 16.0. The van der Waals surface area contributed by atoms with Gasteiger partial charge in [-0.1, -0.05) is 60.7 Å². The summed E-state index contributed by atoms with van der Waals surface area (Å²) in [7, 11) is 0. The summed E-state index contributed by atoms with van der Waals surface area (Å²) in [5.41, 5.74) is 0.292. The standard InChI is InChI=1S/C18H21NO3/c1-18(22,15-10-6-3-7-11-15)13-19-17(21)12-16(20)14-8-4-2-5-9-14/h2-11,16,20,22H,12-13H2,1H3,(H,19,21). The predicted molar refractivity (Wildman–Crippen MR) is 85.0 cm³/mol. The molecule has 4 heteroatoms. The summed E-state index contributed by atoms with van der Waals surface area (Å²) in [6, 6.07) is 18.2. The Hall–Kier alpha value is -2.17. The Labute approximate surface area is 130 Å². The number of carbonyl (C=O) groups excluding carboxylic acids is 1. The zero-order valence-electron chi connectivity index (χ0n) is 12.6. The molecular weight excluding hydrogens is 278 g/mol. The van der Waals surface area contributed by atoms with Crippen LogP contribution in [0.4, 0.5) is 0 Å². The normalized spacial score (nSPS) is 14.9. The highest BCUT2D eigenvalue weighted by Crippen LogP contribution is 2.20. The second-order valence-corrected chi connectivity index (χ2v) is 5.55. The highest BCUT2D eigenvalue weighted by Gasteiger charge is 2.24. The van der Waals surface area contributed by atoms with Gasteiger partial charge in [0.15, 0.2) is 0 Å². The van der Waals surface area contributed by atoms with Gasteiger partial charge in [0.25, 0.3) is 0 Å². The van der Waals surface area contributed by atoms with Gasteiger partial charge in [-0.2, -0.15) is 0 Å². The molecule has 2 aromatic carbocycles. The third-order valence-corrected chi connectivity index (χ3v) is 3.59. The number of hydrogen-bond acceptors (Lipinski definition) is 3. The van der Waals surface area contributed by atoms with Gasteiger partial charge in [0.2, 0.25) is 5.91 Å². The van der Waals surface area contributed by atoms with Gasteiger partial charge < -0.3 is 15.5 Å². The van der Waals surface area contributed by atoms with Gasteiger partial charge in [-0.15, -0.1) is 0 Å². The van der Waals surface area contributed by atoms with Gasteiger partial charge >= 0.3 is 0 Å². The molecule has 0 spiro atoms. The Bertz CT molecular complexity index is 596. The monoisotopic (exact) mass is 299 g/mol. The minimum atomic E-state index is -1.14. The summed E-state index contributed by atoms with van der Waals surface area (Å²) < 4.78 is 0. The van der Waals surface area contributed by atoms with Crippen molar-refractivity contribution in [1.82, 2.24) is 5.32 Å². The summed E-state index contributed by atoms with van der Waals surface area (Å²) in [4.78, 5) is 11.9. The molecule has 2 atom stereocenters. The lowest BCUT2D eigenvalue weighted by atomic mass is 9.96. The molecule has 4 nitrogen and oxygen atoms in total. The Kier molecular flexibility index (Phi) is 5.31. The van der Waals surface area contributed by atoms with Crippen LogP contribution >= 0.6 is 0 Å². The van der Waals surface area contributed by atoms with Gasteiger partial charge in [0, 0.05) is 0 Å². The number of carbonyl (C=O) groups is 1. The van der Waals surface area contributed by atoms with Crippen LogP contribution < -0.4 is 5.32 Å². The van der Waals surface area contributed by atoms with Gasteiger partial charge in [0.1, 0.15) is 5.60 Å². The number of benzene rings is 2. The Morgan fingerprint density at radius 2 is 1.64 bits per heavy atom. The molecular formula is C18H21NO3. The average molecular weight is 299 g/mol. The van der Waals surface area contributed by atoms with Crippen LogP contribution in [0.3, 0.4) is 0 Å². The van der Waals surface area contributed by atoms with Gasteiger partial charge in [-0.3, -0.25) is 4.79 Å². The van der Waals surface area contributed by atoms with E-state index in [1.165, 1.54) is 0 Å². The van der Waals surface area contributed by atoms with E-state index >= 15 is 0 Å². The molecule has 0 aromatic heterocycles. The smallest absolute Gasteiger partial charge is 0.223 e. The van der Waals surface area contributed by atoms with Crippen molar-refractivity contribution in [3.05, 3.63) is 71.8 Å². The first-order chi connectivity index (χ1) is 10.5. The molecule has 0 fully saturated rings. The SMILES string of the molecule is CC(O)(CNC(=O)CC(O)c1ccccc1)c1ccccc1. The topological polar surface area (TPSA) is 69.6 Å². The van der Waals surface area contributed by atoms with Crippen molar-refractivity contribution in [3.8, 4) is 0 Å². The highest BCUT2D eigenvalue weighted by molar-refractivity contribution is 5.76. The molecule has 3 N–H and O–H groups in total. The van der Waals surface area contributed by atoms with Crippen LogP contribution in [0.1, 0.15) is 30.6 Å². The molecule has 0 heterocycles. The summed E-state index contributed by atoms with van der Waals surface area (Å²) in [5.74, 6) is -0.299. The lowest BCUT2D eigenvalue weighted by Gasteiger charge is -2.24. The molecule has 0 radical (unpaired) electrons. The van der Waals surface area contributed by atoms with Crippen molar-refractivity contribution in [2.75, 3.05) is 6.54 Å².